The van der Waals surface area contributed by atoms with E-state index in [1.165, 1.54) is 16.4 Å². The van der Waals surface area contributed by atoms with Crippen molar-refractivity contribution in [2.75, 3.05) is 19.6 Å². The normalized spacial score (nSPS) is 11.3. The van der Waals surface area contributed by atoms with E-state index in [-0.39, 0.29) is 30.4 Å². The van der Waals surface area contributed by atoms with Crippen LogP contribution in [0.3, 0.4) is 0 Å². The maximum Gasteiger partial charge on any atom is 0.243 e. The fraction of sp³-hybridized carbons (Fsp3) is 0.294. The third kappa shape index (κ3) is 5.27. The fourth-order valence-electron chi connectivity index (χ4n) is 2.40. The number of nitrogens with zero attached hydrogens (tertiary/aromatic N) is 1. The van der Waals surface area contributed by atoms with Gasteiger partial charge in [0.05, 0.1) is 4.90 Å². The Balaban J connectivity index is 0.00000288. The standard InChI is InChI=1S/C17H21FN2O2S.ClH/c1-14-11-16(18)13-17(12-14)23(21,22)20(10-8-19)9-7-15-5-3-2-4-6-15;/h2-6,11-13H,7-10,19H2,1H3;1H. The first-order valence-corrected chi connectivity index (χ1v) is 8.89. The maximum absolute atomic E-state index is 13.6. The highest BCUT2D eigenvalue weighted by atomic mass is 35.5. The molecule has 0 unspecified atom stereocenters. The predicted octanol–water partition coefficient (Wildman–Crippen LogP) is 2.75. The second-order valence-corrected chi connectivity index (χ2v) is 7.33. The third-order valence-corrected chi connectivity index (χ3v) is 5.40. The van der Waals surface area contributed by atoms with Gasteiger partial charge >= 0.3 is 0 Å². The fourth-order valence-corrected chi connectivity index (χ4v) is 3.97. The Hall–Kier alpha value is -1.47. The molecule has 0 radical (unpaired) electrons. The molecule has 0 aliphatic heterocycles. The van der Waals surface area contributed by atoms with E-state index in [4.69, 9.17) is 5.73 Å². The second kappa shape index (κ2) is 9.13. The van der Waals surface area contributed by atoms with Crippen LogP contribution in [0.4, 0.5) is 4.39 Å². The summed E-state index contributed by atoms with van der Waals surface area (Å²) < 4.78 is 40.4. The van der Waals surface area contributed by atoms with E-state index in [0.717, 1.165) is 11.6 Å². The average molecular weight is 373 g/mol. The van der Waals surface area contributed by atoms with Crippen LogP contribution >= 0.6 is 12.4 Å². The maximum atomic E-state index is 13.6. The molecule has 0 atom stereocenters. The van der Waals surface area contributed by atoms with Crippen molar-refractivity contribution in [1.82, 2.24) is 4.31 Å². The smallest absolute Gasteiger partial charge is 0.243 e. The van der Waals surface area contributed by atoms with E-state index in [1.54, 1.807) is 6.92 Å². The summed E-state index contributed by atoms with van der Waals surface area (Å²) in [7, 11) is -3.77. The number of rotatable bonds is 7. The van der Waals surface area contributed by atoms with Crippen molar-refractivity contribution in [3.63, 3.8) is 0 Å². The monoisotopic (exact) mass is 372 g/mol. The zero-order valence-corrected chi connectivity index (χ0v) is 15.1. The molecule has 0 bridgehead atoms. The number of halogens is 2. The van der Waals surface area contributed by atoms with Crippen molar-refractivity contribution >= 4 is 22.4 Å². The number of hydrogen-bond donors (Lipinski definition) is 1. The van der Waals surface area contributed by atoms with Crippen molar-refractivity contribution < 1.29 is 12.8 Å². The van der Waals surface area contributed by atoms with E-state index < -0.39 is 15.8 Å². The van der Waals surface area contributed by atoms with Crippen LogP contribution in [0, 0.1) is 12.7 Å². The summed E-state index contributed by atoms with van der Waals surface area (Å²) in [5, 5.41) is 0. The molecule has 0 aliphatic carbocycles. The Morgan fingerprint density at radius 3 is 2.33 bits per heavy atom. The largest absolute Gasteiger partial charge is 0.329 e. The first-order chi connectivity index (χ1) is 10.9. The molecule has 2 rings (SSSR count). The van der Waals surface area contributed by atoms with Gasteiger partial charge in [-0.05, 0) is 42.7 Å². The van der Waals surface area contributed by atoms with Gasteiger partial charge in [0.2, 0.25) is 10.0 Å². The summed E-state index contributed by atoms with van der Waals surface area (Å²) in [6.45, 7) is 2.38. The molecule has 0 heterocycles. The van der Waals surface area contributed by atoms with Gasteiger partial charge in [-0.3, -0.25) is 0 Å². The Labute approximate surface area is 148 Å². The third-order valence-electron chi connectivity index (χ3n) is 3.52. The van der Waals surface area contributed by atoms with Crippen LogP contribution in [-0.2, 0) is 16.4 Å². The zero-order chi connectivity index (χ0) is 16.9. The lowest BCUT2D eigenvalue weighted by Crippen LogP contribution is -2.37. The number of aryl methyl sites for hydroxylation is 1. The minimum atomic E-state index is -3.77. The highest BCUT2D eigenvalue weighted by Gasteiger charge is 2.24. The van der Waals surface area contributed by atoms with Crippen molar-refractivity contribution in [3.05, 3.63) is 65.5 Å². The van der Waals surface area contributed by atoms with Crippen LogP contribution in [0.2, 0.25) is 0 Å². The van der Waals surface area contributed by atoms with Gasteiger partial charge in [0.1, 0.15) is 5.82 Å². The molecule has 0 saturated carbocycles. The molecular weight excluding hydrogens is 351 g/mol. The molecule has 0 spiro atoms. The lowest BCUT2D eigenvalue weighted by molar-refractivity contribution is 0.421. The van der Waals surface area contributed by atoms with Crippen molar-refractivity contribution in [1.29, 1.82) is 0 Å². The van der Waals surface area contributed by atoms with Crippen LogP contribution in [-0.4, -0.2) is 32.4 Å². The van der Waals surface area contributed by atoms with Crippen molar-refractivity contribution in [2.45, 2.75) is 18.2 Å². The molecule has 2 aromatic rings. The number of sulfonamides is 1. The van der Waals surface area contributed by atoms with Gasteiger partial charge in [0.15, 0.2) is 0 Å². The van der Waals surface area contributed by atoms with Crippen LogP contribution < -0.4 is 5.73 Å². The zero-order valence-electron chi connectivity index (χ0n) is 13.5. The molecule has 4 nitrogen and oxygen atoms in total. The summed E-state index contributed by atoms with van der Waals surface area (Å²) >= 11 is 0. The van der Waals surface area contributed by atoms with Gasteiger partial charge in [-0.15, -0.1) is 12.4 Å². The van der Waals surface area contributed by atoms with Crippen molar-refractivity contribution in [2.24, 2.45) is 5.73 Å². The van der Waals surface area contributed by atoms with E-state index in [9.17, 15) is 12.8 Å². The van der Waals surface area contributed by atoms with Crippen LogP contribution in [0.1, 0.15) is 11.1 Å². The number of nitrogens with two attached hydrogens (primary N) is 1. The van der Waals surface area contributed by atoms with E-state index in [0.29, 0.717) is 18.5 Å². The van der Waals surface area contributed by atoms with Gasteiger partial charge in [-0.25, -0.2) is 12.8 Å². The Kier molecular flexibility index (Phi) is 7.83. The lowest BCUT2D eigenvalue weighted by Gasteiger charge is -2.22. The molecule has 0 aromatic heterocycles. The van der Waals surface area contributed by atoms with Crippen LogP contribution in [0.5, 0.6) is 0 Å². The van der Waals surface area contributed by atoms with Crippen molar-refractivity contribution in [3.8, 4) is 0 Å². The van der Waals surface area contributed by atoms with E-state index >= 15 is 0 Å². The van der Waals surface area contributed by atoms with Gasteiger partial charge in [0, 0.05) is 19.6 Å². The number of hydrogen-bond acceptors (Lipinski definition) is 3. The second-order valence-electron chi connectivity index (χ2n) is 5.39. The van der Waals surface area contributed by atoms with Crippen LogP contribution in [0.15, 0.2) is 53.4 Å². The highest BCUT2D eigenvalue weighted by molar-refractivity contribution is 7.89. The predicted molar refractivity (Wildman–Crippen MR) is 96.3 cm³/mol. The Bertz CT molecular complexity index is 734. The summed E-state index contributed by atoms with van der Waals surface area (Å²) in [6, 6.07) is 13.4. The molecule has 0 amide bonds. The summed E-state index contributed by atoms with van der Waals surface area (Å²) in [5.41, 5.74) is 7.16. The minimum Gasteiger partial charge on any atom is -0.329 e. The van der Waals surface area contributed by atoms with Gasteiger partial charge in [-0.2, -0.15) is 4.31 Å². The molecule has 0 saturated heterocycles. The minimum absolute atomic E-state index is 0. The SMILES string of the molecule is Cc1cc(F)cc(S(=O)(=O)N(CCN)CCc2ccccc2)c1.Cl. The molecule has 132 valence electrons. The highest BCUT2D eigenvalue weighted by Crippen LogP contribution is 2.19. The summed E-state index contributed by atoms with van der Waals surface area (Å²) in [5.74, 6) is -0.556. The van der Waals surface area contributed by atoms with E-state index in [1.807, 2.05) is 30.3 Å². The van der Waals surface area contributed by atoms with Gasteiger partial charge < -0.3 is 5.73 Å². The molecule has 7 heteroatoms. The van der Waals surface area contributed by atoms with E-state index in [2.05, 4.69) is 0 Å². The molecule has 0 aliphatic rings. The number of benzene rings is 2. The molecule has 2 aromatic carbocycles. The molecule has 0 fully saturated rings. The average Bonchev–Trinajstić information content (AvgIpc) is 2.51. The van der Waals surface area contributed by atoms with Gasteiger partial charge in [0.25, 0.3) is 0 Å². The molecule has 2 N–H and O–H groups in total. The van der Waals surface area contributed by atoms with Crippen LogP contribution in [0.25, 0.3) is 0 Å². The molecular formula is C17H22ClFN2O2S. The quantitative estimate of drug-likeness (QED) is 0.812. The molecule has 24 heavy (non-hydrogen) atoms. The first-order valence-electron chi connectivity index (χ1n) is 7.45. The Morgan fingerprint density at radius 2 is 1.75 bits per heavy atom. The topological polar surface area (TPSA) is 63.4 Å². The van der Waals surface area contributed by atoms with Gasteiger partial charge in [-0.1, -0.05) is 30.3 Å². The summed E-state index contributed by atoms with van der Waals surface area (Å²) in [4.78, 5) is -0.0310. The lowest BCUT2D eigenvalue weighted by atomic mass is 10.1. The Morgan fingerprint density at radius 1 is 1.08 bits per heavy atom. The summed E-state index contributed by atoms with van der Waals surface area (Å²) in [6.07, 6.45) is 0.578. The first kappa shape index (κ1) is 20.6.